The molecular weight excluding hydrogens is 400 g/mol. The average molecular weight is 427 g/mol. The SMILES string of the molecule is COc1ncccc1-c1nc(C2CC(C)(C)OC(C)(C)C2)cn1-c1ccc(F)c(F)c1. The summed E-state index contributed by atoms with van der Waals surface area (Å²) in [5, 5.41) is 0. The van der Waals surface area contributed by atoms with Crippen molar-refractivity contribution in [3.63, 3.8) is 0 Å². The minimum atomic E-state index is -0.912. The van der Waals surface area contributed by atoms with Crippen molar-refractivity contribution < 1.29 is 18.3 Å². The molecule has 0 atom stereocenters. The first-order chi connectivity index (χ1) is 14.6. The van der Waals surface area contributed by atoms with Gasteiger partial charge in [0.2, 0.25) is 5.88 Å². The van der Waals surface area contributed by atoms with Gasteiger partial charge in [-0.25, -0.2) is 18.7 Å². The predicted octanol–water partition coefficient (Wildman–Crippen LogP) is 5.67. The second-order valence-corrected chi connectivity index (χ2v) is 9.24. The van der Waals surface area contributed by atoms with Gasteiger partial charge in [-0.1, -0.05) is 0 Å². The van der Waals surface area contributed by atoms with Crippen LogP contribution in [0.2, 0.25) is 0 Å². The van der Waals surface area contributed by atoms with Crippen LogP contribution in [0.3, 0.4) is 0 Å². The van der Waals surface area contributed by atoms with Crippen LogP contribution < -0.4 is 4.74 Å². The second kappa shape index (κ2) is 7.71. The van der Waals surface area contributed by atoms with Crippen LogP contribution in [0.25, 0.3) is 17.1 Å². The molecule has 7 heteroatoms. The van der Waals surface area contributed by atoms with Crippen molar-refractivity contribution in [1.82, 2.24) is 14.5 Å². The zero-order valence-corrected chi connectivity index (χ0v) is 18.4. The Labute approximate surface area is 181 Å². The Kier molecular flexibility index (Phi) is 5.33. The molecule has 1 aliphatic heterocycles. The Morgan fingerprint density at radius 2 is 1.77 bits per heavy atom. The van der Waals surface area contributed by atoms with E-state index in [1.54, 1.807) is 23.9 Å². The Balaban J connectivity index is 1.87. The summed E-state index contributed by atoms with van der Waals surface area (Å²) in [7, 11) is 1.54. The second-order valence-electron chi connectivity index (χ2n) is 9.24. The zero-order chi connectivity index (χ0) is 22.4. The van der Waals surface area contributed by atoms with Crippen molar-refractivity contribution >= 4 is 0 Å². The van der Waals surface area contributed by atoms with Crippen molar-refractivity contribution in [2.45, 2.75) is 57.7 Å². The van der Waals surface area contributed by atoms with Gasteiger partial charge in [0.25, 0.3) is 0 Å². The highest BCUT2D eigenvalue weighted by Gasteiger charge is 2.41. The molecule has 0 aliphatic carbocycles. The molecule has 1 fully saturated rings. The van der Waals surface area contributed by atoms with E-state index in [-0.39, 0.29) is 17.1 Å². The van der Waals surface area contributed by atoms with Crippen LogP contribution in [-0.2, 0) is 4.74 Å². The van der Waals surface area contributed by atoms with Crippen LogP contribution in [0.4, 0.5) is 8.78 Å². The molecule has 0 saturated carbocycles. The van der Waals surface area contributed by atoms with Crippen LogP contribution in [0.15, 0.2) is 42.7 Å². The Bertz CT molecular complexity index is 1090. The summed E-state index contributed by atoms with van der Waals surface area (Å²) >= 11 is 0. The number of pyridine rings is 1. The van der Waals surface area contributed by atoms with Crippen LogP contribution in [-0.4, -0.2) is 32.8 Å². The van der Waals surface area contributed by atoms with Crippen LogP contribution in [0.5, 0.6) is 5.88 Å². The third-order valence-electron chi connectivity index (χ3n) is 5.56. The standard InChI is InChI=1S/C24H27F2N3O2/c1-23(2)12-15(13-24(3,4)31-23)20-14-29(16-8-9-18(25)19(26)11-16)21(28-20)17-7-6-10-27-22(17)30-5/h6-11,14-15H,12-13H2,1-5H3. The van der Waals surface area contributed by atoms with Gasteiger partial charge in [-0.2, -0.15) is 0 Å². The number of aromatic nitrogens is 3. The minimum absolute atomic E-state index is 0.145. The number of methoxy groups -OCH3 is 1. The van der Waals surface area contributed by atoms with Gasteiger partial charge in [0.05, 0.1) is 35.3 Å². The van der Waals surface area contributed by atoms with E-state index in [2.05, 4.69) is 32.7 Å². The highest BCUT2D eigenvalue weighted by molar-refractivity contribution is 5.64. The zero-order valence-electron chi connectivity index (χ0n) is 18.4. The normalized spacial score (nSPS) is 18.2. The molecule has 0 bridgehead atoms. The van der Waals surface area contributed by atoms with Gasteiger partial charge < -0.3 is 9.47 Å². The summed E-state index contributed by atoms with van der Waals surface area (Å²) in [6.07, 6.45) is 5.14. The van der Waals surface area contributed by atoms with E-state index in [0.717, 1.165) is 24.6 Å². The molecule has 0 radical (unpaired) electrons. The predicted molar refractivity (Wildman–Crippen MR) is 114 cm³/mol. The van der Waals surface area contributed by atoms with E-state index in [1.165, 1.54) is 12.1 Å². The lowest BCUT2D eigenvalue weighted by molar-refractivity contribution is -0.162. The van der Waals surface area contributed by atoms with Crippen molar-refractivity contribution in [3.8, 4) is 23.0 Å². The molecule has 2 aromatic heterocycles. The van der Waals surface area contributed by atoms with Gasteiger partial charge in [-0.15, -0.1) is 0 Å². The highest BCUT2D eigenvalue weighted by Crippen LogP contribution is 2.44. The van der Waals surface area contributed by atoms with Gasteiger partial charge in [-0.3, -0.25) is 4.57 Å². The molecule has 1 saturated heterocycles. The molecule has 5 nitrogen and oxygen atoms in total. The lowest BCUT2D eigenvalue weighted by Crippen LogP contribution is -2.44. The van der Waals surface area contributed by atoms with Gasteiger partial charge in [-0.05, 0) is 64.8 Å². The molecule has 0 amide bonds. The fraction of sp³-hybridized carbons (Fsp3) is 0.417. The first-order valence-corrected chi connectivity index (χ1v) is 10.3. The molecule has 3 heterocycles. The van der Waals surface area contributed by atoms with Crippen molar-refractivity contribution in [3.05, 3.63) is 60.1 Å². The lowest BCUT2D eigenvalue weighted by atomic mass is 9.79. The van der Waals surface area contributed by atoms with Gasteiger partial charge >= 0.3 is 0 Å². The summed E-state index contributed by atoms with van der Waals surface area (Å²) in [6, 6.07) is 7.48. The molecule has 3 aromatic rings. The fourth-order valence-corrected chi connectivity index (χ4v) is 4.64. The number of ether oxygens (including phenoxy) is 2. The van der Waals surface area contributed by atoms with Crippen molar-refractivity contribution in [2.75, 3.05) is 7.11 Å². The van der Waals surface area contributed by atoms with E-state index in [0.29, 0.717) is 23.0 Å². The molecule has 0 N–H and O–H groups in total. The molecule has 0 unspecified atom stereocenters. The first-order valence-electron chi connectivity index (χ1n) is 10.3. The molecule has 1 aliphatic rings. The quantitative estimate of drug-likeness (QED) is 0.538. The number of hydrogen-bond donors (Lipinski definition) is 0. The maximum absolute atomic E-state index is 14.0. The Hall–Kier alpha value is -2.80. The number of rotatable bonds is 4. The van der Waals surface area contributed by atoms with Crippen molar-refractivity contribution in [2.24, 2.45) is 0 Å². The smallest absolute Gasteiger partial charge is 0.224 e. The van der Waals surface area contributed by atoms with E-state index < -0.39 is 11.6 Å². The monoisotopic (exact) mass is 427 g/mol. The van der Waals surface area contributed by atoms with Gasteiger partial charge in [0, 0.05) is 24.4 Å². The largest absolute Gasteiger partial charge is 0.480 e. The average Bonchev–Trinajstić information content (AvgIpc) is 3.13. The fourth-order valence-electron chi connectivity index (χ4n) is 4.64. The molecule has 31 heavy (non-hydrogen) atoms. The summed E-state index contributed by atoms with van der Waals surface area (Å²) in [5.41, 5.74) is 1.42. The Morgan fingerprint density at radius 1 is 1.06 bits per heavy atom. The molecular formula is C24H27F2N3O2. The van der Waals surface area contributed by atoms with Crippen molar-refractivity contribution in [1.29, 1.82) is 0 Å². The summed E-state index contributed by atoms with van der Waals surface area (Å²) in [6.45, 7) is 8.33. The maximum atomic E-state index is 14.0. The summed E-state index contributed by atoms with van der Waals surface area (Å²) in [4.78, 5) is 9.22. The number of imidazole rings is 1. The molecule has 164 valence electrons. The van der Waals surface area contributed by atoms with Gasteiger partial charge in [0.1, 0.15) is 5.82 Å². The van der Waals surface area contributed by atoms with E-state index in [4.69, 9.17) is 14.5 Å². The van der Waals surface area contributed by atoms with E-state index in [1.807, 2.05) is 12.3 Å². The van der Waals surface area contributed by atoms with Crippen LogP contribution >= 0.6 is 0 Å². The number of benzene rings is 1. The number of hydrogen-bond acceptors (Lipinski definition) is 4. The highest BCUT2D eigenvalue weighted by atomic mass is 19.2. The minimum Gasteiger partial charge on any atom is -0.480 e. The maximum Gasteiger partial charge on any atom is 0.224 e. The van der Waals surface area contributed by atoms with Crippen LogP contribution in [0, 0.1) is 11.6 Å². The van der Waals surface area contributed by atoms with Gasteiger partial charge in [0.15, 0.2) is 11.6 Å². The molecule has 1 aromatic carbocycles. The summed E-state index contributed by atoms with van der Waals surface area (Å²) < 4.78 is 41.1. The van der Waals surface area contributed by atoms with Crippen LogP contribution in [0.1, 0.15) is 52.1 Å². The summed E-state index contributed by atoms with van der Waals surface area (Å²) in [5.74, 6) is -0.682. The third-order valence-corrected chi connectivity index (χ3v) is 5.56. The molecule has 0 spiro atoms. The molecule has 4 rings (SSSR count). The third kappa shape index (κ3) is 4.32. The topological polar surface area (TPSA) is 49.2 Å². The number of nitrogens with zero attached hydrogens (tertiary/aromatic N) is 3. The van der Waals surface area contributed by atoms with E-state index >= 15 is 0 Å². The Morgan fingerprint density at radius 3 is 2.42 bits per heavy atom. The lowest BCUT2D eigenvalue weighted by Gasteiger charge is -2.45. The first kappa shape index (κ1) is 21.4. The van der Waals surface area contributed by atoms with E-state index in [9.17, 15) is 8.78 Å². The number of halogens is 2.